The van der Waals surface area contributed by atoms with E-state index in [1.165, 1.54) is 5.56 Å². The third-order valence-corrected chi connectivity index (χ3v) is 2.74. The Hall–Kier alpha value is -1.35. The molecule has 0 atom stereocenters. The second kappa shape index (κ2) is 4.45. The van der Waals surface area contributed by atoms with Gasteiger partial charge < -0.3 is 9.55 Å². The molecule has 0 unspecified atom stereocenters. The molecule has 0 radical (unpaired) electrons. The summed E-state index contributed by atoms with van der Waals surface area (Å²) in [5, 5.41) is 0. The van der Waals surface area contributed by atoms with Crippen LogP contribution in [-0.2, 0) is 13.0 Å². The summed E-state index contributed by atoms with van der Waals surface area (Å²) in [5.41, 5.74) is 2.46. The van der Waals surface area contributed by atoms with E-state index >= 15 is 0 Å². The first-order valence-corrected chi connectivity index (χ1v) is 5.46. The highest BCUT2D eigenvalue weighted by Crippen LogP contribution is 2.03. The van der Waals surface area contributed by atoms with E-state index in [0.717, 1.165) is 23.4 Å². The number of aryl methyl sites for hydroxylation is 3. The fraction of sp³-hybridized carbons (Fsp3) is 0.250. The molecular weight excluding hydrogens is 204 g/mol. The van der Waals surface area contributed by atoms with E-state index < -0.39 is 0 Å². The van der Waals surface area contributed by atoms with Crippen LogP contribution in [0.3, 0.4) is 0 Å². The van der Waals surface area contributed by atoms with E-state index in [-0.39, 0.29) is 0 Å². The van der Waals surface area contributed by atoms with Crippen molar-refractivity contribution in [2.75, 3.05) is 0 Å². The van der Waals surface area contributed by atoms with Crippen molar-refractivity contribution in [3.8, 4) is 0 Å². The third-order valence-electron chi connectivity index (χ3n) is 2.40. The van der Waals surface area contributed by atoms with Crippen LogP contribution in [0.1, 0.15) is 11.3 Å². The van der Waals surface area contributed by atoms with Crippen molar-refractivity contribution in [1.29, 1.82) is 0 Å². The Bertz CT molecular complexity index is 482. The SMILES string of the molecule is Cc1cn(CCc2ccccc2)c(=S)[nH]1. The molecule has 0 spiro atoms. The number of imidazole rings is 1. The molecule has 1 N–H and O–H groups in total. The van der Waals surface area contributed by atoms with Crippen molar-refractivity contribution in [2.24, 2.45) is 0 Å². The van der Waals surface area contributed by atoms with Crippen molar-refractivity contribution < 1.29 is 0 Å². The molecule has 0 saturated heterocycles. The minimum absolute atomic E-state index is 0.809. The highest BCUT2D eigenvalue weighted by Gasteiger charge is 1.97. The molecule has 2 rings (SSSR count). The van der Waals surface area contributed by atoms with Crippen LogP contribution < -0.4 is 0 Å². The molecule has 0 aliphatic carbocycles. The largest absolute Gasteiger partial charge is 0.335 e. The number of hydrogen-bond acceptors (Lipinski definition) is 1. The van der Waals surface area contributed by atoms with Gasteiger partial charge in [-0.1, -0.05) is 30.3 Å². The van der Waals surface area contributed by atoms with Crippen LogP contribution in [0.5, 0.6) is 0 Å². The van der Waals surface area contributed by atoms with Crippen LogP contribution in [0.15, 0.2) is 36.5 Å². The molecule has 1 aromatic carbocycles. The fourth-order valence-corrected chi connectivity index (χ4v) is 1.93. The Morgan fingerprint density at radius 2 is 2.00 bits per heavy atom. The van der Waals surface area contributed by atoms with Crippen molar-refractivity contribution in [1.82, 2.24) is 9.55 Å². The molecule has 0 bridgehead atoms. The van der Waals surface area contributed by atoms with Crippen LogP contribution in [0.2, 0.25) is 0 Å². The molecule has 78 valence electrons. The Labute approximate surface area is 94.6 Å². The minimum Gasteiger partial charge on any atom is -0.335 e. The van der Waals surface area contributed by atoms with Gasteiger partial charge in [-0.3, -0.25) is 0 Å². The zero-order valence-electron chi connectivity index (χ0n) is 8.73. The van der Waals surface area contributed by atoms with Crippen LogP contribution in [-0.4, -0.2) is 9.55 Å². The molecule has 15 heavy (non-hydrogen) atoms. The van der Waals surface area contributed by atoms with E-state index in [1.54, 1.807) is 0 Å². The van der Waals surface area contributed by atoms with Gasteiger partial charge in [-0.05, 0) is 31.1 Å². The first-order chi connectivity index (χ1) is 7.25. The van der Waals surface area contributed by atoms with E-state index in [0.29, 0.717) is 0 Å². The van der Waals surface area contributed by atoms with Crippen LogP contribution >= 0.6 is 12.2 Å². The molecule has 3 heteroatoms. The molecule has 2 nitrogen and oxygen atoms in total. The predicted molar refractivity (Wildman–Crippen MR) is 64.5 cm³/mol. The van der Waals surface area contributed by atoms with Gasteiger partial charge in [0.15, 0.2) is 4.77 Å². The van der Waals surface area contributed by atoms with E-state index in [4.69, 9.17) is 12.2 Å². The fourth-order valence-electron chi connectivity index (χ4n) is 1.63. The maximum absolute atomic E-state index is 5.20. The summed E-state index contributed by atoms with van der Waals surface area (Å²) >= 11 is 5.20. The number of rotatable bonds is 3. The zero-order chi connectivity index (χ0) is 10.7. The van der Waals surface area contributed by atoms with Crippen molar-refractivity contribution in [3.63, 3.8) is 0 Å². The summed E-state index contributed by atoms with van der Waals surface area (Å²) in [7, 11) is 0. The first kappa shape index (κ1) is 10.2. The van der Waals surface area contributed by atoms with Gasteiger partial charge in [0.2, 0.25) is 0 Å². The lowest BCUT2D eigenvalue weighted by Gasteiger charge is -2.02. The van der Waals surface area contributed by atoms with Gasteiger partial charge >= 0.3 is 0 Å². The monoisotopic (exact) mass is 218 g/mol. The Morgan fingerprint density at radius 1 is 1.27 bits per heavy atom. The van der Waals surface area contributed by atoms with Gasteiger partial charge in [0.1, 0.15) is 0 Å². The minimum atomic E-state index is 0.809. The lowest BCUT2D eigenvalue weighted by Crippen LogP contribution is -1.99. The smallest absolute Gasteiger partial charge is 0.177 e. The highest BCUT2D eigenvalue weighted by atomic mass is 32.1. The van der Waals surface area contributed by atoms with Crippen LogP contribution in [0, 0.1) is 11.7 Å². The number of H-pyrrole nitrogens is 1. The van der Waals surface area contributed by atoms with E-state index in [1.807, 2.05) is 13.0 Å². The Morgan fingerprint density at radius 3 is 2.60 bits per heavy atom. The summed E-state index contributed by atoms with van der Waals surface area (Å²) in [6.45, 7) is 2.96. The lowest BCUT2D eigenvalue weighted by atomic mass is 10.1. The maximum atomic E-state index is 5.20. The lowest BCUT2D eigenvalue weighted by molar-refractivity contribution is 0.686. The van der Waals surface area contributed by atoms with Gasteiger partial charge in [-0.25, -0.2) is 0 Å². The summed E-state index contributed by atoms with van der Waals surface area (Å²) in [4.78, 5) is 3.12. The summed E-state index contributed by atoms with van der Waals surface area (Å²) in [6.07, 6.45) is 3.08. The standard InChI is InChI=1S/C12H14N2S/c1-10-9-14(12(15)13-10)8-7-11-5-3-2-4-6-11/h2-6,9H,7-8H2,1H3,(H,13,15). The summed E-state index contributed by atoms with van der Waals surface area (Å²) in [5.74, 6) is 0. The van der Waals surface area contributed by atoms with Gasteiger partial charge in [-0.2, -0.15) is 0 Å². The number of nitrogens with one attached hydrogen (secondary N) is 1. The van der Waals surface area contributed by atoms with Gasteiger partial charge in [0.05, 0.1) is 0 Å². The van der Waals surface area contributed by atoms with Crippen LogP contribution in [0.4, 0.5) is 0 Å². The second-order valence-corrected chi connectivity index (χ2v) is 4.06. The highest BCUT2D eigenvalue weighted by molar-refractivity contribution is 7.71. The molecule has 0 fully saturated rings. The topological polar surface area (TPSA) is 20.7 Å². The molecular formula is C12H14N2S. The van der Waals surface area contributed by atoms with Crippen molar-refractivity contribution in [2.45, 2.75) is 19.9 Å². The molecule has 0 aliphatic heterocycles. The number of nitrogens with zero attached hydrogens (tertiary/aromatic N) is 1. The molecule has 0 aliphatic rings. The zero-order valence-corrected chi connectivity index (χ0v) is 9.55. The molecule has 2 aromatic rings. The average molecular weight is 218 g/mol. The van der Waals surface area contributed by atoms with E-state index in [9.17, 15) is 0 Å². The molecule has 1 aromatic heterocycles. The number of aromatic nitrogens is 2. The van der Waals surface area contributed by atoms with E-state index in [2.05, 4.69) is 40.0 Å². The molecule has 0 amide bonds. The average Bonchev–Trinajstić information content (AvgIpc) is 2.56. The predicted octanol–water partition coefficient (Wildman–Crippen LogP) is 3.10. The third kappa shape index (κ3) is 2.57. The molecule has 0 saturated carbocycles. The van der Waals surface area contributed by atoms with Gasteiger partial charge in [-0.15, -0.1) is 0 Å². The quantitative estimate of drug-likeness (QED) is 0.785. The number of benzene rings is 1. The van der Waals surface area contributed by atoms with Crippen LogP contribution in [0.25, 0.3) is 0 Å². The summed E-state index contributed by atoms with van der Waals surface area (Å²) in [6, 6.07) is 10.5. The Balaban J connectivity index is 2.05. The van der Waals surface area contributed by atoms with Gasteiger partial charge in [0.25, 0.3) is 0 Å². The van der Waals surface area contributed by atoms with Gasteiger partial charge in [0, 0.05) is 18.4 Å². The second-order valence-electron chi connectivity index (χ2n) is 3.67. The Kier molecular flexibility index (Phi) is 3.02. The van der Waals surface area contributed by atoms with Crippen molar-refractivity contribution >= 4 is 12.2 Å². The van der Waals surface area contributed by atoms with Crippen molar-refractivity contribution in [3.05, 3.63) is 52.6 Å². The first-order valence-electron chi connectivity index (χ1n) is 5.06. The maximum Gasteiger partial charge on any atom is 0.177 e. The molecule has 1 heterocycles. The normalized spacial score (nSPS) is 10.5. The number of aromatic amines is 1. The summed E-state index contributed by atoms with van der Waals surface area (Å²) < 4.78 is 2.89. The number of hydrogen-bond donors (Lipinski definition) is 1.